The van der Waals surface area contributed by atoms with Crippen molar-refractivity contribution in [1.29, 1.82) is 0 Å². The molecule has 0 heterocycles. The van der Waals surface area contributed by atoms with Gasteiger partial charge in [-0.3, -0.25) is 10.1 Å². The minimum Gasteiger partial charge on any atom is -0.456 e. The van der Waals surface area contributed by atoms with Crippen LogP contribution in [0.1, 0.15) is 18.5 Å². The van der Waals surface area contributed by atoms with Gasteiger partial charge >= 0.3 is 0 Å². The van der Waals surface area contributed by atoms with Crippen molar-refractivity contribution >= 4 is 37.5 Å². The predicted octanol–water partition coefficient (Wildman–Crippen LogP) is 4.93. The molecule has 0 amide bonds. The topological polar surface area (TPSA) is 78.4 Å². The number of nitro benzene ring substituents is 1. The van der Waals surface area contributed by atoms with Gasteiger partial charge in [-0.15, -0.1) is 0 Å². The normalized spacial score (nSPS) is 12.0. The summed E-state index contributed by atoms with van der Waals surface area (Å²) in [5.74, 6) is 0.933. The van der Waals surface area contributed by atoms with E-state index in [0.717, 1.165) is 10.0 Å². The first-order chi connectivity index (χ1) is 9.90. The van der Waals surface area contributed by atoms with Crippen molar-refractivity contribution in [2.24, 2.45) is 5.73 Å². The molecule has 1 atom stereocenters. The number of benzene rings is 2. The van der Waals surface area contributed by atoms with E-state index in [4.69, 9.17) is 10.5 Å². The molecule has 0 saturated heterocycles. The molecule has 7 heteroatoms. The Balaban J connectivity index is 2.44. The molecule has 0 spiro atoms. The van der Waals surface area contributed by atoms with Crippen molar-refractivity contribution in [2.45, 2.75) is 13.0 Å². The molecule has 0 aliphatic rings. The van der Waals surface area contributed by atoms with Gasteiger partial charge in [0.15, 0.2) is 0 Å². The van der Waals surface area contributed by atoms with Crippen LogP contribution in [0.15, 0.2) is 45.3 Å². The van der Waals surface area contributed by atoms with Gasteiger partial charge in [0.2, 0.25) is 0 Å². The molecule has 5 nitrogen and oxygen atoms in total. The maximum Gasteiger partial charge on any atom is 0.287 e. The van der Waals surface area contributed by atoms with Gasteiger partial charge in [0.25, 0.3) is 5.69 Å². The summed E-state index contributed by atoms with van der Waals surface area (Å²) in [6.07, 6.45) is 0. The second-order valence-corrected chi connectivity index (χ2v) is 6.13. The first-order valence-electron chi connectivity index (χ1n) is 6.06. The molecule has 2 N–H and O–H groups in total. The van der Waals surface area contributed by atoms with Crippen LogP contribution in [0, 0.1) is 10.1 Å². The summed E-state index contributed by atoms with van der Waals surface area (Å²) < 4.78 is 6.98. The van der Waals surface area contributed by atoms with Crippen LogP contribution >= 0.6 is 31.9 Å². The maximum absolute atomic E-state index is 10.9. The van der Waals surface area contributed by atoms with Gasteiger partial charge in [0, 0.05) is 22.1 Å². The molecule has 110 valence electrons. The Labute approximate surface area is 138 Å². The van der Waals surface area contributed by atoms with Crippen molar-refractivity contribution in [2.75, 3.05) is 0 Å². The highest BCUT2D eigenvalue weighted by Gasteiger charge is 2.18. The van der Waals surface area contributed by atoms with E-state index in [9.17, 15) is 10.1 Å². The van der Waals surface area contributed by atoms with E-state index in [2.05, 4.69) is 31.9 Å². The summed E-state index contributed by atoms with van der Waals surface area (Å²) in [6, 6.07) is 9.87. The van der Waals surface area contributed by atoms with E-state index in [1.165, 1.54) is 6.07 Å². The molecule has 0 aliphatic heterocycles. The van der Waals surface area contributed by atoms with E-state index in [0.29, 0.717) is 16.0 Å². The number of nitrogens with zero attached hydrogens (tertiary/aromatic N) is 1. The fraction of sp³-hybridized carbons (Fsp3) is 0.143. The Morgan fingerprint density at radius 2 is 1.95 bits per heavy atom. The first kappa shape index (κ1) is 15.9. The quantitative estimate of drug-likeness (QED) is 0.567. The molecule has 0 aliphatic carbocycles. The van der Waals surface area contributed by atoms with E-state index in [1.807, 2.05) is 19.1 Å². The van der Waals surface area contributed by atoms with Crippen LogP contribution < -0.4 is 10.5 Å². The highest BCUT2D eigenvalue weighted by atomic mass is 79.9. The molecule has 21 heavy (non-hydrogen) atoms. The molecule has 0 bridgehead atoms. The summed E-state index contributed by atoms with van der Waals surface area (Å²) in [7, 11) is 0. The van der Waals surface area contributed by atoms with Crippen LogP contribution in [-0.2, 0) is 0 Å². The zero-order valence-electron chi connectivity index (χ0n) is 11.0. The van der Waals surface area contributed by atoms with Crippen LogP contribution in [0.5, 0.6) is 11.5 Å². The first-order valence-corrected chi connectivity index (χ1v) is 7.64. The molecule has 0 fully saturated rings. The Morgan fingerprint density at radius 3 is 2.57 bits per heavy atom. The second-order valence-electron chi connectivity index (χ2n) is 4.42. The molecule has 2 aromatic rings. The number of hydrogen-bond donors (Lipinski definition) is 1. The standard InChI is InChI=1S/C14H12Br2N2O3/c1-8(17)10-7-9(15)5-6-12(10)21-13-4-2-3-11(14(13)16)18(19)20/h2-8H,17H2,1H3. The smallest absolute Gasteiger partial charge is 0.287 e. The van der Waals surface area contributed by atoms with Crippen molar-refractivity contribution < 1.29 is 9.66 Å². The van der Waals surface area contributed by atoms with Crippen LogP contribution in [0.2, 0.25) is 0 Å². The van der Waals surface area contributed by atoms with Crippen molar-refractivity contribution in [1.82, 2.24) is 0 Å². The lowest BCUT2D eigenvalue weighted by atomic mass is 10.1. The third-order valence-electron chi connectivity index (χ3n) is 2.82. The Hall–Kier alpha value is -1.44. The summed E-state index contributed by atoms with van der Waals surface area (Å²) in [4.78, 5) is 10.5. The van der Waals surface area contributed by atoms with Crippen LogP contribution in [-0.4, -0.2) is 4.92 Å². The number of ether oxygens (including phenoxy) is 1. The van der Waals surface area contributed by atoms with Gasteiger partial charge in [-0.25, -0.2) is 0 Å². The number of rotatable bonds is 4. The van der Waals surface area contributed by atoms with Crippen molar-refractivity contribution in [3.8, 4) is 11.5 Å². The number of nitro groups is 1. The molecule has 2 rings (SSSR count). The number of nitrogens with two attached hydrogens (primary N) is 1. The molecule has 0 radical (unpaired) electrons. The molecular formula is C14H12Br2N2O3. The fourth-order valence-corrected chi connectivity index (χ4v) is 2.67. The molecular weight excluding hydrogens is 404 g/mol. The highest BCUT2D eigenvalue weighted by Crippen LogP contribution is 2.38. The molecule has 0 aromatic heterocycles. The minimum atomic E-state index is -0.467. The van der Waals surface area contributed by atoms with E-state index >= 15 is 0 Å². The van der Waals surface area contributed by atoms with Gasteiger partial charge in [0.1, 0.15) is 16.0 Å². The van der Waals surface area contributed by atoms with Gasteiger partial charge < -0.3 is 10.5 Å². The van der Waals surface area contributed by atoms with Gasteiger partial charge in [-0.05, 0) is 47.1 Å². The van der Waals surface area contributed by atoms with Gasteiger partial charge in [-0.1, -0.05) is 22.0 Å². The number of halogens is 2. The third-order valence-corrected chi connectivity index (χ3v) is 4.11. The van der Waals surface area contributed by atoms with E-state index < -0.39 is 4.92 Å². The average Bonchev–Trinajstić information content (AvgIpc) is 2.42. The van der Waals surface area contributed by atoms with E-state index in [-0.39, 0.29) is 11.7 Å². The summed E-state index contributed by atoms with van der Waals surface area (Å²) in [5, 5.41) is 10.9. The molecule has 0 saturated carbocycles. The molecule has 1 unspecified atom stereocenters. The predicted molar refractivity (Wildman–Crippen MR) is 87.6 cm³/mol. The van der Waals surface area contributed by atoms with Crippen LogP contribution in [0.3, 0.4) is 0 Å². The third kappa shape index (κ3) is 3.61. The Morgan fingerprint density at radius 1 is 1.24 bits per heavy atom. The largest absolute Gasteiger partial charge is 0.456 e. The zero-order chi connectivity index (χ0) is 15.6. The van der Waals surface area contributed by atoms with E-state index in [1.54, 1.807) is 18.2 Å². The highest BCUT2D eigenvalue weighted by molar-refractivity contribution is 9.11. The van der Waals surface area contributed by atoms with Crippen LogP contribution in [0.4, 0.5) is 5.69 Å². The SMILES string of the molecule is CC(N)c1cc(Br)ccc1Oc1cccc([N+](=O)[O-])c1Br. The minimum absolute atomic E-state index is 0.0491. The van der Waals surface area contributed by atoms with Crippen molar-refractivity contribution in [3.63, 3.8) is 0 Å². The fourth-order valence-electron chi connectivity index (χ4n) is 1.81. The number of hydrogen-bond acceptors (Lipinski definition) is 4. The lowest BCUT2D eigenvalue weighted by molar-refractivity contribution is -0.385. The Bertz CT molecular complexity index is 690. The van der Waals surface area contributed by atoms with Crippen LogP contribution in [0.25, 0.3) is 0 Å². The lowest BCUT2D eigenvalue weighted by Gasteiger charge is -2.15. The summed E-state index contributed by atoms with van der Waals surface area (Å²) >= 11 is 6.59. The summed E-state index contributed by atoms with van der Waals surface area (Å²) in [5.41, 5.74) is 6.69. The van der Waals surface area contributed by atoms with Gasteiger partial charge in [0.05, 0.1) is 4.92 Å². The molecule has 2 aromatic carbocycles. The maximum atomic E-state index is 10.9. The van der Waals surface area contributed by atoms with Crippen molar-refractivity contribution in [3.05, 3.63) is 61.0 Å². The lowest BCUT2D eigenvalue weighted by Crippen LogP contribution is -2.06. The Kier molecular flexibility index (Phi) is 4.97. The zero-order valence-corrected chi connectivity index (χ0v) is 14.2. The second kappa shape index (κ2) is 6.55. The summed E-state index contributed by atoms with van der Waals surface area (Å²) in [6.45, 7) is 1.84. The van der Waals surface area contributed by atoms with Gasteiger partial charge in [-0.2, -0.15) is 0 Å². The monoisotopic (exact) mass is 414 g/mol. The average molecular weight is 416 g/mol.